The van der Waals surface area contributed by atoms with Gasteiger partial charge in [0.15, 0.2) is 5.82 Å². The number of fused-ring (bicyclic) bond motifs is 1. The van der Waals surface area contributed by atoms with Gasteiger partial charge in [-0.15, -0.1) is 11.3 Å². The minimum Gasteiger partial charge on any atom is -0.496 e. The highest BCUT2D eigenvalue weighted by Crippen LogP contribution is 2.44. The number of nitrogens with one attached hydrogen (secondary N) is 2. The maximum absolute atomic E-state index is 14.6. The number of ether oxygens (including phenoxy) is 1. The minimum atomic E-state index is -4.69. The summed E-state index contributed by atoms with van der Waals surface area (Å²) in [5, 5.41) is 7.14. The average Bonchev–Trinajstić information content (AvgIpc) is 3.57. The number of hydrogen-bond acceptors (Lipinski definition) is 8. The molecule has 0 saturated heterocycles. The quantitative estimate of drug-likeness (QED) is 0.280. The van der Waals surface area contributed by atoms with Crippen LogP contribution in [-0.4, -0.2) is 38.3 Å². The van der Waals surface area contributed by atoms with Crippen LogP contribution in [0.4, 0.5) is 23.4 Å². The first-order valence-electron chi connectivity index (χ1n) is 10.8. The van der Waals surface area contributed by atoms with Crippen molar-refractivity contribution in [2.24, 2.45) is 0 Å². The molecule has 0 bridgehead atoms. The third-order valence-electron chi connectivity index (χ3n) is 5.65. The van der Waals surface area contributed by atoms with E-state index < -0.39 is 17.5 Å². The zero-order chi connectivity index (χ0) is 26.3. The number of aryl methyl sites for hydroxylation is 1. The topological polar surface area (TPSA) is 111 Å². The normalized spacial score (nSPS) is 11.8. The van der Waals surface area contributed by atoms with Crippen molar-refractivity contribution in [1.82, 2.24) is 24.7 Å². The summed E-state index contributed by atoms with van der Waals surface area (Å²) in [6.07, 6.45) is -3.47. The van der Waals surface area contributed by atoms with Crippen molar-refractivity contribution in [1.29, 1.82) is 0 Å². The monoisotopic (exact) mass is 534 g/mol. The van der Waals surface area contributed by atoms with Gasteiger partial charge in [0.1, 0.15) is 23.7 Å². The minimum absolute atomic E-state index is 0.193. The van der Waals surface area contributed by atoms with Crippen molar-refractivity contribution in [2.75, 3.05) is 19.0 Å². The van der Waals surface area contributed by atoms with Crippen LogP contribution in [0.1, 0.15) is 11.3 Å². The number of aromatic amines is 1. The van der Waals surface area contributed by atoms with Crippen LogP contribution < -0.4 is 15.8 Å². The SMILES string of the molecule is COc1ccc(F)c2c1cc(C)n2CCNc1cc(-c2cc(C(F)(F)F)c(-c3noc(=O)[nH]3)s2)ncn1. The highest BCUT2D eigenvalue weighted by atomic mass is 32.1. The van der Waals surface area contributed by atoms with Crippen LogP contribution in [0.3, 0.4) is 0 Å². The predicted octanol–water partition coefficient (Wildman–Crippen LogP) is 5.09. The molecule has 0 spiro atoms. The summed E-state index contributed by atoms with van der Waals surface area (Å²) in [4.78, 5) is 21.5. The number of hydrogen-bond donors (Lipinski definition) is 2. The second-order valence-electron chi connectivity index (χ2n) is 7.96. The number of benzene rings is 1. The number of nitrogens with zero attached hydrogens (tertiary/aromatic N) is 4. The van der Waals surface area contributed by atoms with Crippen molar-refractivity contribution >= 4 is 28.1 Å². The lowest BCUT2D eigenvalue weighted by Crippen LogP contribution is -2.13. The van der Waals surface area contributed by atoms with E-state index in [1.807, 2.05) is 17.6 Å². The van der Waals surface area contributed by atoms with Gasteiger partial charge in [-0.1, -0.05) is 5.16 Å². The fourth-order valence-electron chi connectivity index (χ4n) is 4.02. The first-order valence-corrected chi connectivity index (χ1v) is 11.6. The highest BCUT2D eigenvalue weighted by molar-refractivity contribution is 7.19. The summed E-state index contributed by atoms with van der Waals surface area (Å²) < 4.78 is 67.0. The summed E-state index contributed by atoms with van der Waals surface area (Å²) in [5.41, 5.74) is 0.514. The van der Waals surface area contributed by atoms with E-state index in [1.54, 1.807) is 6.07 Å². The van der Waals surface area contributed by atoms with Crippen LogP contribution in [0.25, 0.3) is 32.2 Å². The third kappa shape index (κ3) is 4.67. The smallest absolute Gasteiger partial charge is 0.439 e. The Morgan fingerprint density at radius 3 is 2.73 bits per heavy atom. The molecule has 5 aromatic rings. The van der Waals surface area contributed by atoms with E-state index in [9.17, 15) is 22.4 Å². The molecule has 4 aromatic heterocycles. The molecular formula is C23H18F4N6O3S. The van der Waals surface area contributed by atoms with Crippen molar-refractivity contribution in [3.8, 4) is 27.0 Å². The van der Waals surface area contributed by atoms with Crippen molar-refractivity contribution in [3.63, 3.8) is 0 Å². The molecule has 4 heterocycles. The molecule has 0 aliphatic carbocycles. The first-order chi connectivity index (χ1) is 17.7. The molecule has 192 valence electrons. The second kappa shape index (κ2) is 9.35. The molecule has 0 unspecified atom stereocenters. The Kier molecular flexibility index (Phi) is 6.19. The predicted molar refractivity (Wildman–Crippen MR) is 128 cm³/mol. The van der Waals surface area contributed by atoms with Crippen LogP contribution in [0.15, 0.2) is 46.0 Å². The Labute approximate surface area is 209 Å². The fourth-order valence-corrected chi connectivity index (χ4v) is 5.10. The van der Waals surface area contributed by atoms with Gasteiger partial charge >= 0.3 is 11.9 Å². The van der Waals surface area contributed by atoms with Gasteiger partial charge in [-0.05, 0) is 31.2 Å². The lowest BCUT2D eigenvalue weighted by Gasteiger charge is -2.11. The van der Waals surface area contributed by atoms with Crippen LogP contribution in [-0.2, 0) is 12.7 Å². The number of alkyl halides is 3. The van der Waals surface area contributed by atoms with Crippen molar-refractivity contribution in [2.45, 2.75) is 19.6 Å². The largest absolute Gasteiger partial charge is 0.496 e. The van der Waals surface area contributed by atoms with Gasteiger partial charge in [0.25, 0.3) is 0 Å². The number of rotatable bonds is 7. The Morgan fingerprint density at radius 1 is 1.22 bits per heavy atom. The van der Waals surface area contributed by atoms with Crippen LogP contribution in [0.2, 0.25) is 0 Å². The molecule has 14 heteroatoms. The summed E-state index contributed by atoms with van der Waals surface area (Å²) in [6, 6.07) is 7.20. The Hall–Kier alpha value is -4.20. The van der Waals surface area contributed by atoms with Gasteiger partial charge < -0.3 is 14.6 Å². The van der Waals surface area contributed by atoms with Gasteiger partial charge in [0.05, 0.1) is 33.6 Å². The standard InChI is InChI=1S/C23H18F4N6O3S/c1-11-7-12-16(35-2)4-3-14(24)19(12)33(11)6-5-28-18-9-15(29-10-30-18)17-8-13(23(25,26)27)20(37-17)21-31-22(34)36-32-21/h3-4,7-10H,5-6H2,1-2H3,(H,28,29,30)(H,31,32,34). The first kappa shape index (κ1) is 24.5. The summed E-state index contributed by atoms with van der Waals surface area (Å²) in [5.74, 6) is -0.726. The molecule has 2 N–H and O–H groups in total. The zero-order valence-electron chi connectivity index (χ0n) is 19.3. The zero-order valence-corrected chi connectivity index (χ0v) is 20.1. The second-order valence-corrected chi connectivity index (χ2v) is 9.01. The van der Waals surface area contributed by atoms with E-state index in [-0.39, 0.29) is 27.1 Å². The average molecular weight is 534 g/mol. The molecule has 0 amide bonds. The van der Waals surface area contributed by atoms with Gasteiger partial charge in [-0.2, -0.15) is 13.2 Å². The van der Waals surface area contributed by atoms with Crippen LogP contribution in [0.5, 0.6) is 5.75 Å². The molecule has 37 heavy (non-hydrogen) atoms. The maximum atomic E-state index is 14.6. The Bertz CT molecular complexity index is 1650. The summed E-state index contributed by atoms with van der Waals surface area (Å²) in [6.45, 7) is 2.59. The maximum Gasteiger partial charge on any atom is 0.439 e. The number of thiophene rings is 1. The molecule has 0 atom stereocenters. The Balaban J connectivity index is 1.39. The van der Waals surface area contributed by atoms with Crippen LogP contribution in [0, 0.1) is 12.7 Å². The summed E-state index contributed by atoms with van der Waals surface area (Å²) in [7, 11) is 1.52. The van der Waals surface area contributed by atoms with E-state index in [2.05, 4.69) is 29.9 Å². The van der Waals surface area contributed by atoms with E-state index in [1.165, 1.54) is 25.6 Å². The molecule has 1 aromatic carbocycles. The van der Waals surface area contributed by atoms with Gasteiger partial charge in [0, 0.05) is 30.2 Å². The molecule has 0 fully saturated rings. The van der Waals surface area contributed by atoms with E-state index in [0.717, 1.165) is 23.1 Å². The van der Waals surface area contributed by atoms with Gasteiger partial charge in [-0.3, -0.25) is 9.51 Å². The number of halogens is 4. The fraction of sp³-hybridized carbons (Fsp3) is 0.217. The van der Waals surface area contributed by atoms with Gasteiger partial charge in [0.2, 0.25) is 0 Å². The summed E-state index contributed by atoms with van der Waals surface area (Å²) >= 11 is 0.757. The lowest BCUT2D eigenvalue weighted by atomic mass is 10.2. The molecule has 0 radical (unpaired) electrons. The number of H-pyrrole nitrogens is 1. The lowest BCUT2D eigenvalue weighted by molar-refractivity contribution is -0.136. The Morgan fingerprint density at radius 2 is 2.03 bits per heavy atom. The van der Waals surface area contributed by atoms with E-state index in [0.29, 0.717) is 35.6 Å². The van der Waals surface area contributed by atoms with Crippen molar-refractivity contribution < 1.29 is 26.8 Å². The van der Waals surface area contributed by atoms with Gasteiger partial charge in [-0.25, -0.2) is 19.2 Å². The third-order valence-corrected chi connectivity index (χ3v) is 6.81. The molecule has 0 aliphatic rings. The van der Waals surface area contributed by atoms with E-state index >= 15 is 0 Å². The number of methoxy groups -OCH3 is 1. The van der Waals surface area contributed by atoms with Crippen LogP contribution >= 0.6 is 11.3 Å². The molecular weight excluding hydrogens is 516 g/mol. The molecule has 9 nitrogen and oxygen atoms in total. The highest BCUT2D eigenvalue weighted by Gasteiger charge is 2.37. The number of aromatic nitrogens is 5. The number of anilines is 1. The molecule has 0 saturated carbocycles. The van der Waals surface area contributed by atoms with Crippen molar-refractivity contribution in [3.05, 3.63) is 64.3 Å². The molecule has 5 rings (SSSR count). The molecule has 0 aliphatic heterocycles. The van der Waals surface area contributed by atoms with E-state index in [4.69, 9.17) is 4.74 Å².